The molecule has 0 atom stereocenters. The molecule has 3 aromatic rings. The Hall–Kier alpha value is -3.28. The Morgan fingerprint density at radius 3 is 2.29 bits per heavy atom. The summed E-state index contributed by atoms with van der Waals surface area (Å²) in [5, 5.41) is 0. The van der Waals surface area contributed by atoms with Gasteiger partial charge in [-0.2, -0.15) is 0 Å². The van der Waals surface area contributed by atoms with Crippen LogP contribution in [0.4, 0.5) is 13.2 Å². The number of benzene rings is 3. The third-order valence-electron chi connectivity index (χ3n) is 7.30. The van der Waals surface area contributed by atoms with Crippen LogP contribution in [0.5, 0.6) is 5.75 Å². The Morgan fingerprint density at radius 1 is 0.868 bits per heavy atom. The number of esters is 1. The number of unbranched alkanes of at least 4 members (excludes halogenated alkanes) is 3. The molecule has 1 aliphatic carbocycles. The number of ether oxygens (including phenoxy) is 2. The van der Waals surface area contributed by atoms with Crippen molar-refractivity contribution in [3.8, 4) is 16.9 Å². The predicted molar refractivity (Wildman–Crippen MR) is 143 cm³/mol. The molecule has 38 heavy (non-hydrogen) atoms. The van der Waals surface area contributed by atoms with E-state index in [2.05, 4.69) is 6.92 Å². The maximum atomic E-state index is 14.8. The predicted octanol–water partition coefficient (Wildman–Crippen LogP) is 8.92. The Labute approximate surface area is 223 Å². The van der Waals surface area contributed by atoms with E-state index in [0.29, 0.717) is 37.9 Å². The molecule has 0 aromatic heterocycles. The van der Waals surface area contributed by atoms with Gasteiger partial charge in [0.25, 0.3) is 0 Å². The maximum Gasteiger partial charge on any atom is 0.341 e. The minimum Gasteiger partial charge on any atom is -0.491 e. The van der Waals surface area contributed by atoms with Gasteiger partial charge in [-0.1, -0.05) is 68.1 Å². The van der Waals surface area contributed by atoms with Crippen LogP contribution in [0.25, 0.3) is 11.1 Å². The zero-order chi connectivity index (χ0) is 27.1. The highest BCUT2D eigenvalue weighted by Gasteiger charge is 2.28. The average molecular weight is 525 g/mol. The zero-order valence-corrected chi connectivity index (χ0v) is 22.1. The van der Waals surface area contributed by atoms with E-state index in [1.807, 2.05) is 25.1 Å². The fraction of sp³-hybridized carbons (Fsp3) is 0.406. The van der Waals surface area contributed by atoms with Crippen molar-refractivity contribution in [3.05, 3.63) is 88.7 Å². The number of carbonyl (C=O) groups is 1. The molecule has 0 amide bonds. The quantitative estimate of drug-likeness (QED) is 0.196. The van der Waals surface area contributed by atoms with Gasteiger partial charge in [0.15, 0.2) is 23.2 Å². The van der Waals surface area contributed by atoms with E-state index in [-0.39, 0.29) is 23.0 Å². The van der Waals surface area contributed by atoms with E-state index < -0.39 is 29.3 Å². The van der Waals surface area contributed by atoms with Crippen molar-refractivity contribution >= 4 is 5.97 Å². The van der Waals surface area contributed by atoms with Crippen molar-refractivity contribution in [1.29, 1.82) is 0 Å². The van der Waals surface area contributed by atoms with Crippen molar-refractivity contribution < 1.29 is 27.4 Å². The van der Waals surface area contributed by atoms with Crippen LogP contribution >= 0.6 is 0 Å². The maximum absolute atomic E-state index is 14.8. The van der Waals surface area contributed by atoms with Gasteiger partial charge in [-0.15, -0.1) is 0 Å². The van der Waals surface area contributed by atoms with Crippen molar-refractivity contribution in [2.75, 3.05) is 6.61 Å². The SMILES string of the molecule is CCCCCCOc1ccc(C2CCC(OC(=O)c3ccc(-c4ccc(C)cc4)c(F)c3F)CC2)cc1F. The van der Waals surface area contributed by atoms with E-state index in [4.69, 9.17) is 9.47 Å². The first-order valence-electron chi connectivity index (χ1n) is 13.6. The summed E-state index contributed by atoms with van der Waals surface area (Å²) >= 11 is 0. The minimum absolute atomic E-state index is 0.0969. The molecule has 4 rings (SSSR count). The molecular weight excluding hydrogens is 489 g/mol. The highest BCUT2D eigenvalue weighted by Crippen LogP contribution is 2.36. The summed E-state index contributed by atoms with van der Waals surface area (Å²) < 4.78 is 55.3. The van der Waals surface area contributed by atoms with Crippen LogP contribution in [0.3, 0.4) is 0 Å². The number of hydrogen-bond acceptors (Lipinski definition) is 3. The first-order chi connectivity index (χ1) is 18.4. The topological polar surface area (TPSA) is 35.5 Å². The van der Waals surface area contributed by atoms with Gasteiger partial charge in [-0.25, -0.2) is 18.0 Å². The molecule has 0 bridgehead atoms. The fourth-order valence-corrected chi connectivity index (χ4v) is 4.99. The number of carbonyl (C=O) groups excluding carboxylic acids is 1. The van der Waals surface area contributed by atoms with E-state index in [1.54, 1.807) is 18.2 Å². The molecular formula is C32H35F3O3. The zero-order valence-electron chi connectivity index (χ0n) is 22.1. The van der Waals surface area contributed by atoms with Crippen LogP contribution in [0, 0.1) is 24.4 Å². The summed E-state index contributed by atoms with van der Waals surface area (Å²) in [6, 6.07) is 14.9. The van der Waals surface area contributed by atoms with Gasteiger partial charge in [-0.3, -0.25) is 0 Å². The average Bonchev–Trinajstić information content (AvgIpc) is 2.92. The van der Waals surface area contributed by atoms with Gasteiger partial charge in [0.1, 0.15) is 6.10 Å². The van der Waals surface area contributed by atoms with E-state index in [9.17, 15) is 18.0 Å². The second kappa shape index (κ2) is 13.0. The molecule has 3 aromatic carbocycles. The molecule has 0 spiro atoms. The lowest BCUT2D eigenvalue weighted by molar-refractivity contribution is 0.0189. The first kappa shape index (κ1) is 27.7. The van der Waals surface area contributed by atoms with Crippen LogP contribution in [0.2, 0.25) is 0 Å². The van der Waals surface area contributed by atoms with Crippen LogP contribution < -0.4 is 4.74 Å². The monoisotopic (exact) mass is 524 g/mol. The molecule has 0 unspecified atom stereocenters. The molecule has 0 radical (unpaired) electrons. The molecule has 0 saturated heterocycles. The highest BCUT2D eigenvalue weighted by atomic mass is 19.2. The molecule has 1 saturated carbocycles. The Kier molecular flexibility index (Phi) is 9.48. The molecule has 3 nitrogen and oxygen atoms in total. The van der Waals surface area contributed by atoms with E-state index in [0.717, 1.165) is 36.8 Å². The van der Waals surface area contributed by atoms with Gasteiger partial charge in [-0.05, 0) is 74.3 Å². The number of aryl methyl sites for hydroxylation is 1. The van der Waals surface area contributed by atoms with Crippen molar-refractivity contribution in [3.63, 3.8) is 0 Å². The van der Waals surface area contributed by atoms with E-state index in [1.165, 1.54) is 18.2 Å². The lowest BCUT2D eigenvalue weighted by Crippen LogP contribution is -2.24. The van der Waals surface area contributed by atoms with Crippen LogP contribution in [0.1, 0.15) is 85.7 Å². The normalized spacial score (nSPS) is 17.3. The van der Waals surface area contributed by atoms with Crippen LogP contribution in [-0.4, -0.2) is 18.7 Å². The highest BCUT2D eigenvalue weighted by molar-refractivity contribution is 5.90. The van der Waals surface area contributed by atoms with Gasteiger partial charge in [0.05, 0.1) is 12.2 Å². The van der Waals surface area contributed by atoms with Crippen molar-refractivity contribution in [1.82, 2.24) is 0 Å². The lowest BCUT2D eigenvalue weighted by atomic mass is 9.82. The number of halogens is 3. The summed E-state index contributed by atoms with van der Waals surface area (Å²) in [6.07, 6.45) is 6.42. The Bertz CT molecular complexity index is 1230. The third-order valence-corrected chi connectivity index (χ3v) is 7.30. The molecule has 6 heteroatoms. The lowest BCUT2D eigenvalue weighted by Gasteiger charge is -2.29. The van der Waals surface area contributed by atoms with Crippen molar-refractivity contribution in [2.24, 2.45) is 0 Å². The molecule has 1 aliphatic rings. The summed E-state index contributed by atoms with van der Waals surface area (Å²) in [5.41, 5.74) is 2.13. The summed E-state index contributed by atoms with van der Waals surface area (Å²) in [6.45, 7) is 4.56. The third kappa shape index (κ3) is 6.77. The molecule has 0 N–H and O–H groups in total. The molecule has 0 aliphatic heterocycles. The van der Waals surface area contributed by atoms with Gasteiger partial charge >= 0.3 is 5.97 Å². The van der Waals surface area contributed by atoms with Crippen LogP contribution in [-0.2, 0) is 4.74 Å². The van der Waals surface area contributed by atoms with E-state index >= 15 is 0 Å². The first-order valence-corrected chi connectivity index (χ1v) is 13.6. The summed E-state index contributed by atoms with van der Waals surface area (Å²) in [4.78, 5) is 12.7. The summed E-state index contributed by atoms with van der Waals surface area (Å²) in [5.74, 6) is -3.09. The number of hydrogen-bond donors (Lipinski definition) is 0. The van der Waals surface area contributed by atoms with Gasteiger partial charge < -0.3 is 9.47 Å². The van der Waals surface area contributed by atoms with Crippen molar-refractivity contribution in [2.45, 2.75) is 77.2 Å². The Morgan fingerprint density at radius 2 is 1.61 bits per heavy atom. The second-order valence-electron chi connectivity index (χ2n) is 10.1. The standard InChI is InChI=1S/C32H35F3O3/c1-3-4-5-6-19-37-29-18-13-24(20-28(29)33)22-11-14-25(15-12-22)38-32(36)27-17-16-26(30(34)31(27)35)23-9-7-21(2)8-10-23/h7-10,13,16-18,20,22,25H,3-6,11-12,14-15,19H2,1-2H3. The molecule has 0 heterocycles. The summed E-state index contributed by atoms with van der Waals surface area (Å²) in [7, 11) is 0. The largest absolute Gasteiger partial charge is 0.491 e. The van der Waals surface area contributed by atoms with Crippen LogP contribution in [0.15, 0.2) is 54.6 Å². The van der Waals surface area contributed by atoms with Gasteiger partial charge in [0.2, 0.25) is 0 Å². The Balaban J connectivity index is 1.31. The van der Waals surface area contributed by atoms with Gasteiger partial charge in [0, 0.05) is 5.56 Å². The second-order valence-corrected chi connectivity index (χ2v) is 10.1. The fourth-order valence-electron chi connectivity index (χ4n) is 4.99. The molecule has 202 valence electrons. The smallest absolute Gasteiger partial charge is 0.341 e. The minimum atomic E-state index is -1.20. The molecule has 1 fully saturated rings. The number of rotatable bonds is 10.